The third-order valence-corrected chi connectivity index (χ3v) is 1.72. The van der Waals surface area contributed by atoms with Crippen LogP contribution >= 0.6 is 0 Å². The largest absolute Gasteiger partial charge is 0.497 e. The summed E-state index contributed by atoms with van der Waals surface area (Å²) in [5, 5.41) is 6.94. The first-order valence-electron chi connectivity index (χ1n) is 3.89. The molecule has 0 saturated heterocycles. The van der Waals surface area contributed by atoms with Gasteiger partial charge in [-0.15, -0.1) is 0 Å². The van der Waals surface area contributed by atoms with Crippen molar-refractivity contribution in [3.8, 4) is 5.75 Å². The van der Waals surface area contributed by atoms with Crippen molar-refractivity contribution >= 4 is 5.84 Å². The second-order valence-corrected chi connectivity index (χ2v) is 2.77. The molecule has 14 heavy (non-hydrogen) atoms. The van der Waals surface area contributed by atoms with E-state index in [0.717, 1.165) is 12.1 Å². The molecule has 0 saturated carbocycles. The molecule has 0 unspecified atom stereocenters. The van der Waals surface area contributed by atoms with Crippen molar-refractivity contribution in [2.24, 2.45) is 5.73 Å². The van der Waals surface area contributed by atoms with Crippen LogP contribution in [-0.2, 0) is 6.42 Å². The molecule has 0 spiro atoms. The lowest BCUT2D eigenvalue weighted by Crippen LogP contribution is -2.15. The first kappa shape index (κ1) is 10.4. The lowest BCUT2D eigenvalue weighted by atomic mass is 10.1. The molecule has 3 nitrogen and oxygen atoms in total. The second kappa shape index (κ2) is 4.04. The quantitative estimate of drug-likeness (QED) is 0.573. The summed E-state index contributed by atoms with van der Waals surface area (Å²) in [6.07, 6.45) is -0.234. The van der Waals surface area contributed by atoms with Crippen LogP contribution in [0.4, 0.5) is 8.78 Å². The first-order valence-corrected chi connectivity index (χ1v) is 3.89. The maximum absolute atomic E-state index is 13.2. The molecular weight excluding hydrogens is 190 g/mol. The molecule has 0 fully saturated rings. The summed E-state index contributed by atoms with van der Waals surface area (Å²) < 4.78 is 31.0. The van der Waals surface area contributed by atoms with Crippen LogP contribution in [0.5, 0.6) is 5.75 Å². The van der Waals surface area contributed by atoms with Crippen LogP contribution in [0.3, 0.4) is 0 Å². The van der Waals surface area contributed by atoms with E-state index in [4.69, 9.17) is 11.1 Å². The number of hydrogen-bond donors (Lipinski definition) is 2. The molecule has 0 aliphatic carbocycles. The summed E-state index contributed by atoms with van der Waals surface area (Å²) in [6, 6.07) is 2.11. The highest BCUT2D eigenvalue weighted by molar-refractivity contribution is 5.79. The minimum Gasteiger partial charge on any atom is -0.497 e. The third kappa shape index (κ3) is 2.18. The van der Waals surface area contributed by atoms with E-state index in [2.05, 4.69) is 4.74 Å². The van der Waals surface area contributed by atoms with E-state index < -0.39 is 11.6 Å². The van der Waals surface area contributed by atoms with Gasteiger partial charge in [0.1, 0.15) is 17.4 Å². The Morgan fingerprint density at radius 1 is 1.43 bits per heavy atom. The topological polar surface area (TPSA) is 59.1 Å². The zero-order valence-electron chi connectivity index (χ0n) is 7.60. The van der Waals surface area contributed by atoms with Gasteiger partial charge in [-0.25, -0.2) is 8.78 Å². The average molecular weight is 200 g/mol. The Balaban J connectivity index is 3.11. The number of benzene rings is 1. The molecule has 1 aromatic rings. The highest BCUT2D eigenvalue weighted by atomic mass is 19.1. The number of hydrogen-bond acceptors (Lipinski definition) is 2. The Morgan fingerprint density at radius 2 is 1.93 bits per heavy atom. The molecular formula is C9H10F2N2O. The average Bonchev–Trinajstić information content (AvgIpc) is 2.10. The van der Waals surface area contributed by atoms with Gasteiger partial charge in [0, 0.05) is 24.1 Å². The molecule has 0 heterocycles. The molecule has 0 aliphatic rings. The van der Waals surface area contributed by atoms with E-state index in [1.54, 1.807) is 0 Å². The summed E-state index contributed by atoms with van der Waals surface area (Å²) in [7, 11) is 1.32. The number of methoxy groups -OCH3 is 1. The molecule has 0 radical (unpaired) electrons. The smallest absolute Gasteiger partial charge is 0.133 e. The van der Waals surface area contributed by atoms with Crippen molar-refractivity contribution in [3.05, 3.63) is 29.3 Å². The number of amidine groups is 1. The molecule has 0 aromatic heterocycles. The predicted octanol–water partition coefficient (Wildman–Crippen LogP) is 1.45. The van der Waals surface area contributed by atoms with Crippen molar-refractivity contribution in [3.63, 3.8) is 0 Å². The number of halogens is 2. The van der Waals surface area contributed by atoms with Crippen LogP contribution in [0, 0.1) is 17.0 Å². The number of rotatable bonds is 3. The van der Waals surface area contributed by atoms with Gasteiger partial charge < -0.3 is 10.5 Å². The maximum Gasteiger partial charge on any atom is 0.133 e. The van der Waals surface area contributed by atoms with Gasteiger partial charge >= 0.3 is 0 Å². The first-order chi connectivity index (χ1) is 6.54. The summed E-state index contributed by atoms with van der Waals surface area (Å²) >= 11 is 0. The van der Waals surface area contributed by atoms with Crippen LogP contribution in [0.25, 0.3) is 0 Å². The fourth-order valence-corrected chi connectivity index (χ4v) is 1.06. The van der Waals surface area contributed by atoms with E-state index in [1.165, 1.54) is 7.11 Å². The Labute approximate surface area is 80.0 Å². The molecule has 0 aliphatic heterocycles. The lowest BCUT2D eigenvalue weighted by molar-refractivity contribution is 0.405. The molecule has 0 atom stereocenters. The highest BCUT2D eigenvalue weighted by Gasteiger charge is 2.12. The zero-order chi connectivity index (χ0) is 10.7. The molecule has 1 rings (SSSR count). The van der Waals surface area contributed by atoms with Gasteiger partial charge in [-0.3, -0.25) is 5.41 Å². The van der Waals surface area contributed by atoms with Crippen LogP contribution in [0.1, 0.15) is 5.56 Å². The van der Waals surface area contributed by atoms with Crippen molar-refractivity contribution in [1.29, 1.82) is 5.41 Å². The zero-order valence-corrected chi connectivity index (χ0v) is 7.60. The highest BCUT2D eigenvalue weighted by Crippen LogP contribution is 2.20. The molecule has 0 bridgehead atoms. The van der Waals surface area contributed by atoms with E-state index in [0.29, 0.717) is 0 Å². The molecule has 76 valence electrons. The Morgan fingerprint density at radius 3 is 2.29 bits per heavy atom. The van der Waals surface area contributed by atoms with E-state index in [1.807, 2.05) is 0 Å². The van der Waals surface area contributed by atoms with E-state index in [-0.39, 0.29) is 23.6 Å². The lowest BCUT2D eigenvalue weighted by Gasteiger charge is -2.06. The number of nitrogens with one attached hydrogen (secondary N) is 1. The number of nitrogens with two attached hydrogens (primary N) is 1. The van der Waals surface area contributed by atoms with Crippen LogP contribution < -0.4 is 10.5 Å². The monoisotopic (exact) mass is 200 g/mol. The van der Waals surface area contributed by atoms with Crippen LogP contribution in [0.2, 0.25) is 0 Å². The normalized spacial score (nSPS) is 9.93. The predicted molar refractivity (Wildman–Crippen MR) is 48.5 cm³/mol. The fourth-order valence-electron chi connectivity index (χ4n) is 1.06. The molecule has 5 heteroatoms. The van der Waals surface area contributed by atoms with Crippen molar-refractivity contribution in [2.45, 2.75) is 6.42 Å². The summed E-state index contributed by atoms with van der Waals surface area (Å²) in [5.74, 6) is -1.69. The van der Waals surface area contributed by atoms with E-state index >= 15 is 0 Å². The minimum absolute atomic E-state index is 0.104. The number of ether oxygens (including phenoxy) is 1. The molecule has 0 amide bonds. The Kier molecular flexibility index (Phi) is 3.01. The van der Waals surface area contributed by atoms with Crippen LogP contribution in [0.15, 0.2) is 12.1 Å². The van der Waals surface area contributed by atoms with Gasteiger partial charge in [0.15, 0.2) is 0 Å². The van der Waals surface area contributed by atoms with Crippen molar-refractivity contribution in [2.75, 3.05) is 7.11 Å². The van der Waals surface area contributed by atoms with Crippen molar-refractivity contribution in [1.82, 2.24) is 0 Å². The summed E-state index contributed by atoms with van der Waals surface area (Å²) in [5.41, 5.74) is 4.84. The van der Waals surface area contributed by atoms with Crippen molar-refractivity contribution < 1.29 is 13.5 Å². The third-order valence-electron chi connectivity index (χ3n) is 1.72. The maximum atomic E-state index is 13.2. The standard InChI is InChI=1S/C9H10F2N2O/c1-14-5-2-7(10)6(4-9(12)13)8(11)3-5/h2-3H,4H2,1H3,(H3,12,13). The minimum atomic E-state index is -0.753. The Bertz CT molecular complexity index is 343. The van der Waals surface area contributed by atoms with Gasteiger partial charge in [-0.05, 0) is 0 Å². The molecule has 3 N–H and O–H groups in total. The molecule has 1 aromatic carbocycles. The van der Waals surface area contributed by atoms with Gasteiger partial charge in [0.25, 0.3) is 0 Å². The van der Waals surface area contributed by atoms with Crippen LogP contribution in [-0.4, -0.2) is 12.9 Å². The van der Waals surface area contributed by atoms with Gasteiger partial charge in [0.05, 0.1) is 12.9 Å². The summed E-state index contributed by atoms with van der Waals surface area (Å²) in [4.78, 5) is 0. The van der Waals surface area contributed by atoms with Gasteiger partial charge in [-0.1, -0.05) is 0 Å². The van der Waals surface area contributed by atoms with E-state index in [9.17, 15) is 8.78 Å². The Hall–Kier alpha value is -1.65. The summed E-state index contributed by atoms with van der Waals surface area (Å²) in [6.45, 7) is 0. The second-order valence-electron chi connectivity index (χ2n) is 2.77. The van der Waals surface area contributed by atoms with Gasteiger partial charge in [0.2, 0.25) is 0 Å². The SMILES string of the molecule is COc1cc(F)c(CC(=N)N)c(F)c1. The van der Waals surface area contributed by atoms with Gasteiger partial charge in [-0.2, -0.15) is 0 Å². The fraction of sp³-hybridized carbons (Fsp3) is 0.222.